The molecule has 1 aromatic rings. The molecule has 2 heterocycles. The molecule has 1 unspecified atom stereocenters. The Labute approximate surface area is 94.5 Å². The van der Waals surface area contributed by atoms with Gasteiger partial charge >= 0.3 is 0 Å². The first kappa shape index (κ1) is 10.0. The lowest BCUT2D eigenvalue weighted by molar-refractivity contribution is 0.396. The number of hydrogen-bond donors (Lipinski definition) is 2. The minimum atomic E-state index is 0.0693. The van der Waals surface area contributed by atoms with Crippen LogP contribution in [0.25, 0.3) is 0 Å². The summed E-state index contributed by atoms with van der Waals surface area (Å²) in [6, 6.07) is 0.245. The molecular weight excluding hydrogens is 202 g/mol. The van der Waals surface area contributed by atoms with Gasteiger partial charge < -0.3 is 10.3 Å². The standard InChI is InChI=1S/C12H17N3O/c16-12-9(8-4-5-8)7-14-11(15-12)10-3-1-2-6-13-10/h7-8,10,13H,1-6H2,(H,14,15,16). The van der Waals surface area contributed by atoms with Gasteiger partial charge in [0.05, 0.1) is 6.04 Å². The van der Waals surface area contributed by atoms with E-state index in [0.29, 0.717) is 5.92 Å². The Morgan fingerprint density at radius 2 is 2.12 bits per heavy atom. The van der Waals surface area contributed by atoms with Crippen molar-refractivity contribution >= 4 is 0 Å². The molecule has 16 heavy (non-hydrogen) atoms. The van der Waals surface area contributed by atoms with Crippen molar-refractivity contribution in [3.05, 3.63) is 27.9 Å². The summed E-state index contributed by atoms with van der Waals surface area (Å²) in [5, 5.41) is 3.39. The molecule has 4 heteroatoms. The maximum absolute atomic E-state index is 11.8. The second-order valence-electron chi connectivity index (χ2n) is 4.83. The Bertz CT molecular complexity index is 430. The largest absolute Gasteiger partial charge is 0.309 e. The van der Waals surface area contributed by atoms with Crippen LogP contribution in [-0.2, 0) is 0 Å². The lowest BCUT2D eigenvalue weighted by Gasteiger charge is -2.22. The normalized spacial score (nSPS) is 25.6. The van der Waals surface area contributed by atoms with E-state index in [9.17, 15) is 4.79 Å². The number of rotatable bonds is 2. The van der Waals surface area contributed by atoms with Crippen molar-refractivity contribution in [3.8, 4) is 0 Å². The minimum absolute atomic E-state index is 0.0693. The highest BCUT2D eigenvalue weighted by molar-refractivity contribution is 5.18. The van der Waals surface area contributed by atoms with Crippen molar-refractivity contribution in [2.24, 2.45) is 0 Å². The van der Waals surface area contributed by atoms with Crippen LogP contribution in [0.15, 0.2) is 11.0 Å². The first-order valence-corrected chi connectivity index (χ1v) is 6.17. The molecule has 1 atom stereocenters. The number of piperidine rings is 1. The second-order valence-corrected chi connectivity index (χ2v) is 4.83. The van der Waals surface area contributed by atoms with Gasteiger partial charge in [0.25, 0.3) is 5.56 Å². The summed E-state index contributed by atoms with van der Waals surface area (Å²) in [5.74, 6) is 1.29. The summed E-state index contributed by atoms with van der Waals surface area (Å²) in [6.45, 7) is 1.03. The lowest BCUT2D eigenvalue weighted by Crippen LogP contribution is -2.30. The molecule has 2 fully saturated rings. The number of aromatic nitrogens is 2. The van der Waals surface area contributed by atoms with E-state index in [1.807, 2.05) is 0 Å². The molecular formula is C12H17N3O. The van der Waals surface area contributed by atoms with Crippen LogP contribution in [0.2, 0.25) is 0 Å². The fraction of sp³-hybridized carbons (Fsp3) is 0.667. The minimum Gasteiger partial charge on any atom is -0.309 e. The van der Waals surface area contributed by atoms with Gasteiger partial charge in [0, 0.05) is 11.8 Å². The van der Waals surface area contributed by atoms with Gasteiger partial charge in [-0.1, -0.05) is 6.42 Å². The molecule has 1 saturated heterocycles. The summed E-state index contributed by atoms with van der Waals surface area (Å²) in [4.78, 5) is 19.2. The Morgan fingerprint density at radius 3 is 2.75 bits per heavy atom. The fourth-order valence-corrected chi connectivity index (χ4v) is 2.37. The lowest BCUT2D eigenvalue weighted by atomic mass is 10.0. The zero-order valence-electron chi connectivity index (χ0n) is 9.33. The van der Waals surface area contributed by atoms with Crippen molar-refractivity contribution in [1.29, 1.82) is 0 Å². The van der Waals surface area contributed by atoms with Gasteiger partial charge in [-0.3, -0.25) is 4.79 Å². The van der Waals surface area contributed by atoms with Crippen LogP contribution >= 0.6 is 0 Å². The van der Waals surface area contributed by atoms with E-state index in [1.165, 1.54) is 12.8 Å². The van der Waals surface area contributed by atoms with Gasteiger partial charge in [0.15, 0.2) is 0 Å². The molecule has 1 aromatic heterocycles. The Kier molecular flexibility index (Phi) is 2.52. The van der Waals surface area contributed by atoms with E-state index in [2.05, 4.69) is 15.3 Å². The molecule has 1 aliphatic heterocycles. The summed E-state index contributed by atoms with van der Waals surface area (Å²) in [7, 11) is 0. The number of nitrogens with zero attached hydrogens (tertiary/aromatic N) is 1. The van der Waals surface area contributed by atoms with Crippen LogP contribution in [0.4, 0.5) is 0 Å². The van der Waals surface area contributed by atoms with Crippen LogP contribution in [0.5, 0.6) is 0 Å². The highest BCUT2D eigenvalue weighted by atomic mass is 16.1. The van der Waals surface area contributed by atoms with Crippen LogP contribution in [0.1, 0.15) is 55.5 Å². The number of nitrogens with one attached hydrogen (secondary N) is 2. The van der Waals surface area contributed by atoms with Crippen molar-refractivity contribution in [3.63, 3.8) is 0 Å². The van der Waals surface area contributed by atoms with E-state index < -0.39 is 0 Å². The molecule has 0 spiro atoms. The number of hydrogen-bond acceptors (Lipinski definition) is 3. The molecule has 3 rings (SSSR count). The van der Waals surface area contributed by atoms with Crippen LogP contribution in [-0.4, -0.2) is 16.5 Å². The Hall–Kier alpha value is -1.16. The molecule has 86 valence electrons. The van der Waals surface area contributed by atoms with Gasteiger partial charge in [-0.05, 0) is 38.1 Å². The van der Waals surface area contributed by atoms with Gasteiger partial charge in [-0.2, -0.15) is 0 Å². The summed E-state index contributed by atoms with van der Waals surface area (Å²) in [5.41, 5.74) is 0.944. The third kappa shape index (κ3) is 1.89. The molecule has 1 saturated carbocycles. The van der Waals surface area contributed by atoms with Crippen LogP contribution in [0, 0.1) is 0 Å². The topological polar surface area (TPSA) is 57.8 Å². The molecule has 1 aliphatic carbocycles. The predicted octanol–water partition coefficient (Wildman–Crippen LogP) is 1.46. The van der Waals surface area contributed by atoms with Gasteiger partial charge in [0.2, 0.25) is 0 Å². The quantitative estimate of drug-likeness (QED) is 0.791. The Balaban J connectivity index is 1.84. The van der Waals surface area contributed by atoms with Crippen molar-refractivity contribution < 1.29 is 0 Å². The Morgan fingerprint density at radius 1 is 1.25 bits per heavy atom. The smallest absolute Gasteiger partial charge is 0.254 e. The van der Waals surface area contributed by atoms with E-state index >= 15 is 0 Å². The third-order valence-corrected chi connectivity index (χ3v) is 3.50. The maximum Gasteiger partial charge on any atom is 0.254 e. The predicted molar refractivity (Wildman–Crippen MR) is 61.4 cm³/mol. The highest BCUT2D eigenvalue weighted by Crippen LogP contribution is 2.37. The van der Waals surface area contributed by atoms with E-state index in [1.54, 1.807) is 6.20 Å². The average molecular weight is 219 g/mol. The molecule has 0 amide bonds. The second kappa shape index (κ2) is 4.01. The SMILES string of the molecule is O=c1[nH]c(C2CCCCN2)ncc1C1CC1. The highest BCUT2D eigenvalue weighted by Gasteiger charge is 2.27. The van der Waals surface area contributed by atoms with Crippen molar-refractivity contribution in [2.45, 2.75) is 44.1 Å². The van der Waals surface area contributed by atoms with E-state index in [4.69, 9.17) is 0 Å². The summed E-state index contributed by atoms with van der Waals surface area (Å²) in [6.07, 6.45) is 7.58. The third-order valence-electron chi connectivity index (χ3n) is 3.50. The van der Waals surface area contributed by atoms with Crippen molar-refractivity contribution in [1.82, 2.24) is 15.3 Å². The summed E-state index contributed by atoms with van der Waals surface area (Å²) >= 11 is 0. The van der Waals surface area contributed by atoms with E-state index in [-0.39, 0.29) is 11.6 Å². The van der Waals surface area contributed by atoms with Gasteiger partial charge in [-0.25, -0.2) is 4.98 Å². The zero-order valence-corrected chi connectivity index (χ0v) is 9.33. The summed E-state index contributed by atoms with van der Waals surface area (Å²) < 4.78 is 0. The molecule has 0 radical (unpaired) electrons. The number of aromatic amines is 1. The monoisotopic (exact) mass is 219 g/mol. The van der Waals surface area contributed by atoms with Crippen LogP contribution < -0.4 is 10.9 Å². The molecule has 2 N–H and O–H groups in total. The molecule has 4 nitrogen and oxygen atoms in total. The van der Waals surface area contributed by atoms with E-state index in [0.717, 1.165) is 37.2 Å². The molecule has 0 bridgehead atoms. The number of H-pyrrole nitrogens is 1. The fourth-order valence-electron chi connectivity index (χ4n) is 2.37. The van der Waals surface area contributed by atoms with Crippen molar-refractivity contribution in [2.75, 3.05) is 6.54 Å². The molecule has 0 aromatic carbocycles. The first-order chi connectivity index (χ1) is 7.84. The van der Waals surface area contributed by atoms with Crippen LogP contribution in [0.3, 0.4) is 0 Å². The maximum atomic E-state index is 11.8. The first-order valence-electron chi connectivity index (χ1n) is 6.17. The zero-order chi connectivity index (χ0) is 11.0. The average Bonchev–Trinajstić information content (AvgIpc) is 3.14. The molecule has 2 aliphatic rings. The van der Waals surface area contributed by atoms with Gasteiger partial charge in [0.1, 0.15) is 5.82 Å². The van der Waals surface area contributed by atoms with Gasteiger partial charge in [-0.15, -0.1) is 0 Å².